The predicted octanol–water partition coefficient (Wildman–Crippen LogP) is 10.4. The maximum absolute atomic E-state index is 13.4. The zero-order valence-corrected chi connectivity index (χ0v) is 56.6. The number of nitrogens with one attached hydrogen (secondary N) is 1. The average molecular weight is 1300 g/mol. The zero-order chi connectivity index (χ0) is 66.1. The highest BCUT2D eigenvalue weighted by Crippen LogP contribution is 2.33. The molecule has 0 radical (unpaired) electrons. The fourth-order valence-electron chi connectivity index (χ4n) is 12.4. The molecule has 0 saturated carbocycles. The molecular formula is C72H133NO18. The third-order valence-corrected chi connectivity index (χ3v) is 18.4. The summed E-state index contributed by atoms with van der Waals surface area (Å²) in [6.45, 7) is 1.75. The SMILES string of the molecule is CCCCCCCCCC/C=C\CCCCCCCCCCCCCCCC(=O)NC(COC1OC(CO)C(OC2OC(CO)C(OC3OC(CO)C(O)C(O)C3O)C(O)C2O)C(O)C1O)C(O)/C=C/CC/C=C/CCCCCCCCCCCCCCCCC. The Morgan fingerprint density at radius 2 is 0.703 bits per heavy atom. The number of hydrogen-bond acceptors (Lipinski definition) is 18. The molecule has 19 nitrogen and oxygen atoms in total. The Balaban J connectivity index is 1.43. The number of aliphatic hydroxyl groups excluding tert-OH is 11. The molecule has 534 valence electrons. The van der Waals surface area contributed by atoms with Crippen LogP contribution in [0.2, 0.25) is 0 Å². The van der Waals surface area contributed by atoms with Gasteiger partial charge in [0.15, 0.2) is 18.9 Å². The number of unbranched alkanes of at least 4 members (excludes halogenated alkanes) is 37. The summed E-state index contributed by atoms with van der Waals surface area (Å²) in [5.74, 6) is -0.282. The van der Waals surface area contributed by atoms with Gasteiger partial charge in [0.2, 0.25) is 5.91 Å². The van der Waals surface area contributed by atoms with Crippen LogP contribution in [0.25, 0.3) is 0 Å². The molecule has 0 aliphatic carbocycles. The van der Waals surface area contributed by atoms with Crippen molar-refractivity contribution in [3.8, 4) is 0 Å². The Morgan fingerprint density at radius 3 is 1.10 bits per heavy atom. The number of allylic oxidation sites excluding steroid dienone is 5. The Labute approximate surface area is 549 Å². The van der Waals surface area contributed by atoms with E-state index < -0.39 is 124 Å². The summed E-state index contributed by atoms with van der Waals surface area (Å²) in [5.41, 5.74) is 0. The monoisotopic (exact) mass is 1300 g/mol. The highest BCUT2D eigenvalue weighted by Gasteiger charge is 2.53. The quantitative estimate of drug-likeness (QED) is 0.0199. The lowest BCUT2D eigenvalue weighted by molar-refractivity contribution is -0.379. The molecule has 3 aliphatic heterocycles. The van der Waals surface area contributed by atoms with Gasteiger partial charge in [-0.1, -0.05) is 256 Å². The number of ether oxygens (including phenoxy) is 6. The highest BCUT2D eigenvalue weighted by atomic mass is 16.8. The molecule has 19 heteroatoms. The molecule has 3 aliphatic rings. The lowest BCUT2D eigenvalue weighted by Crippen LogP contribution is -2.66. The fraction of sp³-hybridized carbons (Fsp3) is 0.903. The maximum Gasteiger partial charge on any atom is 0.220 e. The van der Waals surface area contributed by atoms with Crippen LogP contribution in [0.15, 0.2) is 36.5 Å². The first-order chi connectivity index (χ1) is 44.3. The molecule has 3 fully saturated rings. The molecule has 0 aromatic rings. The van der Waals surface area contributed by atoms with Gasteiger partial charge in [-0.25, -0.2) is 0 Å². The predicted molar refractivity (Wildman–Crippen MR) is 356 cm³/mol. The van der Waals surface area contributed by atoms with Crippen LogP contribution in [0, 0.1) is 0 Å². The van der Waals surface area contributed by atoms with E-state index in [4.69, 9.17) is 28.4 Å². The minimum Gasteiger partial charge on any atom is -0.394 e. The second kappa shape index (κ2) is 54.1. The van der Waals surface area contributed by atoms with E-state index in [1.54, 1.807) is 6.08 Å². The van der Waals surface area contributed by atoms with Gasteiger partial charge < -0.3 is 89.9 Å². The standard InChI is InChI=1S/C72H133NO18/c1-3-5-7-9-11-13-15-17-19-21-23-25-26-27-28-30-32-34-36-38-40-42-44-46-48-50-60(78)73-55(56(77)49-47-45-43-41-39-37-35-33-31-29-24-22-20-18-16-14-12-10-8-6-4-2)54-86-70-66(84)63(81)68(58(52-75)88-70)91-72-67(85)64(82)69(59(53-76)89-72)90-71-65(83)62(80)61(79)57(51-74)87-71/h21,23,39,41,47,49,55-59,61-72,74-77,79-85H,3-20,22,24-38,40,42-46,48,50-54H2,1-2H3,(H,73,78)/b23-21-,41-39+,49-47+. The lowest BCUT2D eigenvalue weighted by atomic mass is 9.96. The van der Waals surface area contributed by atoms with Crippen molar-refractivity contribution in [3.63, 3.8) is 0 Å². The van der Waals surface area contributed by atoms with Crippen molar-refractivity contribution in [2.75, 3.05) is 26.4 Å². The van der Waals surface area contributed by atoms with Gasteiger partial charge >= 0.3 is 0 Å². The summed E-state index contributed by atoms with van der Waals surface area (Å²) >= 11 is 0. The minimum atomic E-state index is -1.98. The highest BCUT2D eigenvalue weighted by molar-refractivity contribution is 5.76. The summed E-state index contributed by atoms with van der Waals surface area (Å²) in [5, 5.41) is 121. The first-order valence-electron chi connectivity index (χ1n) is 36.7. The van der Waals surface area contributed by atoms with Gasteiger partial charge in [-0.3, -0.25) is 4.79 Å². The first kappa shape index (κ1) is 83.2. The zero-order valence-electron chi connectivity index (χ0n) is 56.6. The van der Waals surface area contributed by atoms with Crippen molar-refractivity contribution in [3.05, 3.63) is 36.5 Å². The Bertz CT molecular complexity index is 1790. The number of carbonyl (C=O) groups excluding carboxylic acids is 1. The van der Waals surface area contributed by atoms with Crippen molar-refractivity contribution in [2.45, 2.75) is 388 Å². The maximum atomic E-state index is 13.4. The Morgan fingerprint density at radius 1 is 0.385 bits per heavy atom. The van der Waals surface area contributed by atoms with Crippen LogP contribution >= 0.6 is 0 Å². The Hall–Kier alpha value is -1.99. The number of rotatable bonds is 57. The molecule has 91 heavy (non-hydrogen) atoms. The van der Waals surface area contributed by atoms with Gasteiger partial charge in [0.05, 0.1) is 38.6 Å². The minimum absolute atomic E-state index is 0.237. The van der Waals surface area contributed by atoms with Crippen molar-refractivity contribution in [1.29, 1.82) is 0 Å². The molecule has 17 atom stereocenters. The van der Waals surface area contributed by atoms with E-state index in [2.05, 4.69) is 43.5 Å². The van der Waals surface area contributed by atoms with E-state index >= 15 is 0 Å². The van der Waals surface area contributed by atoms with Crippen LogP contribution in [0.4, 0.5) is 0 Å². The second-order valence-corrected chi connectivity index (χ2v) is 26.4. The van der Waals surface area contributed by atoms with Crippen LogP contribution in [-0.2, 0) is 33.2 Å². The summed E-state index contributed by atoms with van der Waals surface area (Å²) in [6, 6.07) is -0.990. The van der Waals surface area contributed by atoms with E-state index in [0.717, 1.165) is 38.5 Å². The third kappa shape index (κ3) is 35.7. The Kier molecular flexibility index (Phi) is 49.5. The second-order valence-electron chi connectivity index (χ2n) is 26.4. The molecule has 17 unspecified atom stereocenters. The largest absolute Gasteiger partial charge is 0.394 e. The number of carbonyl (C=O) groups is 1. The van der Waals surface area contributed by atoms with E-state index in [0.29, 0.717) is 12.8 Å². The topological polar surface area (TPSA) is 307 Å². The smallest absolute Gasteiger partial charge is 0.220 e. The molecule has 0 aromatic carbocycles. The van der Waals surface area contributed by atoms with E-state index in [1.165, 1.54) is 212 Å². The van der Waals surface area contributed by atoms with Gasteiger partial charge in [-0.05, 0) is 57.8 Å². The molecule has 3 saturated heterocycles. The first-order valence-corrected chi connectivity index (χ1v) is 36.7. The van der Waals surface area contributed by atoms with E-state index in [9.17, 15) is 61.0 Å². The van der Waals surface area contributed by atoms with Crippen LogP contribution in [-0.4, -0.2) is 193 Å². The molecule has 12 N–H and O–H groups in total. The van der Waals surface area contributed by atoms with Gasteiger partial charge in [0.25, 0.3) is 0 Å². The number of amides is 1. The summed E-state index contributed by atoms with van der Waals surface area (Å²) in [7, 11) is 0. The van der Waals surface area contributed by atoms with Crippen molar-refractivity contribution < 1.29 is 89.4 Å². The van der Waals surface area contributed by atoms with Crippen molar-refractivity contribution >= 4 is 5.91 Å². The van der Waals surface area contributed by atoms with E-state index in [1.807, 2.05) is 6.08 Å². The van der Waals surface area contributed by atoms with Gasteiger partial charge in [-0.15, -0.1) is 0 Å². The third-order valence-electron chi connectivity index (χ3n) is 18.4. The molecule has 0 spiro atoms. The molecule has 0 bridgehead atoms. The fourth-order valence-corrected chi connectivity index (χ4v) is 12.4. The van der Waals surface area contributed by atoms with Crippen LogP contribution in [0.1, 0.15) is 284 Å². The average Bonchev–Trinajstić information content (AvgIpc) is 0.883. The van der Waals surface area contributed by atoms with Crippen LogP contribution < -0.4 is 5.32 Å². The number of aliphatic hydroxyl groups is 11. The van der Waals surface area contributed by atoms with Gasteiger partial charge in [0, 0.05) is 6.42 Å². The normalized spacial score (nSPS) is 28.0. The van der Waals surface area contributed by atoms with Crippen molar-refractivity contribution in [2.24, 2.45) is 0 Å². The van der Waals surface area contributed by atoms with Crippen LogP contribution in [0.3, 0.4) is 0 Å². The summed E-state index contributed by atoms with van der Waals surface area (Å²) in [6.07, 6.45) is 36.9. The van der Waals surface area contributed by atoms with Gasteiger partial charge in [-0.2, -0.15) is 0 Å². The summed E-state index contributed by atoms with van der Waals surface area (Å²) in [4.78, 5) is 13.4. The summed E-state index contributed by atoms with van der Waals surface area (Å²) < 4.78 is 34.4. The molecule has 1 amide bonds. The molecule has 3 rings (SSSR count). The van der Waals surface area contributed by atoms with E-state index in [-0.39, 0.29) is 18.9 Å². The molecular weight excluding hydrogens is 1170 g/mol. The molecule has 3 heterocycles. The van der Waals surface area contributed by atoms with Crippen molar-refractivity contribution in [1.82, 2.24) is 5.32 Å². The number of hydrogen-bond donors (Lipinski definition) is 12. The van der Waals surface area contributed by atoms with Gasteiger partial charge in [0.1, 0.15) is 73.2 Å². The lowest BCUT2D eigenvalue weighted by Gasteiger charge is -2.48. The molecule has 0 aromatic heterocycles. The van der Waals surface area contributed by atoms with Crippen LogP contribution in [0.5, 0.6) is 0 Å².